The highest BCUT2D eigenvalue weighted by atomic mass is 127. The molecule has 2 rings (SSSR count). The molecule has 0 bridgehead atoms. The van der Waals surface area contributed by atoms with E-state index in [0.29, 0.717) is 11.6 Å². The van der Waals surface area contributed by atoms with Crippen molar-refractivity contribution in [2.45, 2.75) is 6.92 Å². The van der Waals surface area contributed by atoms with Crippen molar-refractivity contribution in [2.24, 2.45) is 0 Å². The van der Waals surface area contributed by atoms with Crippen molar-refractivity contribution in [3.05, 3.63) is 39.7 Å². The van der Waals surface area contributed by atoms with E-state index in [2.05, 4.69) is 33.1 Å². The van der Waals surface area contributed by atoms with Crippen LogP contribution in [0.1, 0.15) is 5.76 Å². The molecular weight excluding hydrogens is 347 g/mol. The molecule has 1 aromatic carbocycles. The van der Waals surface area contributed by atoms with Gasteiger partial charge in [-0.3, -0.25) is 4.79 Å². The molecule has 0 unspecified atom stereocenters. The Morgan fingerprint density at radius 1 is 1.50 bits per heavy atom. The van der Waals surface area contributed by atoms with E-state index < -0.39 is 0 Å². The summed E-state index contributed by atoms with van der Waals surface area (Å²) < 4.78 is 11.0. The van der Waals surface area contributed by atoms with E-state index in [1.807, 2.05) is 24.3 Å². The summed E-state index contributed by atoms with van der Waals surface area (Å²) in [4.78, 5) is 11.6. The van der Waals surface area contributed by atoms with Crippen LogP contribution in [-0.2, 0) is 4.79 Å². The lowest BCUT2D eigenvalue weighted by molar-refractivity contribution is -0.118. The third-order valence-corrected chi connectivity index (χ3v) is 2.74. The molecule has 0 aliphatic heterocycles. The van der Waals surface area contributed by atoms with Crippen LogP contribution in [0.15, 0.2) is 34.9 Å². The predicted octanol–water partition coefficient (Wildman–Crippen LogP) is 2.61. The van der Waals surface area contributed by atoms with Gasteiger partial charge in [0.1, 0.15) is 5.76 Å². The molecule has 0 aliphatic carbocycles. The highest BCUT2D eigenvalue weighted by molar-refractivity contribution is 14.1. The SMILES string of the molecule is Cc1cc(OCC(=O)Nc2cccc(I)c2)no1. The summed E-state index contributed by atoms with van der Waals surface area (Å²) in [5.41, 5.74) is 0.742. The lowest BCUT2D eigenvalue weighted by Gasteiger charge is -2.05. The maximum atomic E-state index is 11.6. The molecule has 1 N–H and O–H groups in total. The summed E-state index contributed by atoms with van der Waals surface area (Å²) in [7, 11) is 0. The summed E-state index contributed by atoms with van der Waals surface area (Å²) >= 11 is 2.18. The summed E-state index contributed by atoms with van der Waals surface area (Å²) in [5.74, 6) is 0.714. The molecule has 5 nitrogen and oxygen atoms in total. The largest absolute Gasteiger partial charge is 0.465 e. The van der Waals surface area contributed by atoms with Gasteiger partial charge in [0.2, 0.25) is 0 Å². The maximum Gasteiger partial charge on any atom is 0.262 e. The molecule has 0 saturated heterocycles. The van der Waals surface area contributed by atoms with Crippen LogP contribution in [0.2, 0.25) is 0 Å². The molecular formula is C12H11IN2O3. The maximum absolute atomic E-state index is 11.6. The van der Waals surface area contributed by atoms with Gasteiger partial charge in [-0.25, -0.2) is 0 Å². The predicted molar refractivity (Wildman–Crippen MR) is 74.5 cm³/mol. The third-order valence-electron chi connectivity index (χ3n) is 2.07. The van der Waals surface area contributed by atoms with Gasteiger partial charge in [0.15, 0.2) is 6.61 Å². The fourth-order valence-corrected chi connectivity index (χ4v) is 1.86. The van der Waals surface area contributed by atoms with Crippen molar-refractivity contribution >= 4 is 34.2 Å². The number of nitrogens with one attached hydrogen (secondary N) is 1. The Morgan fingerprint density at radius 3 is 3.00 bits per heavy atom. The Hall–Kier alpha value is -1.57. The lowest BCUT2D eigenvalue weighted by Crippen LogP contribution is -2.20. The number of hydrogen-bond acceptors (Lipinski definition) is 4. The van der Waals surface area contributed by atoms with Crippen molar-refractivity contribution in [3.63, 3.8) is 0 Å². The highest BCUT2D eigenvalue weighted by Crippen LogP contribution is 2.13. The van der Waals surface area contributed by atoms with Crippen LogP contribution in [0.5, 0.6) is 5.88 Å². The molecule has 18 heavy (non-hydrogen) atoms. The first kappa shape index (κ1) is 12.9. The van der Waals surface area contributed by atoms with Gasteiger partial charge in [-0.15, -0.1) is 0 Å². The zero-order valence-corrected chi connectivity index (χ0v) is 11.8. The monoisotopic (exact) mass is 358 g/mol. The van der Waals surface area contributed by atoms with E-state index in [-0.39, 0.29) is 12.5 Å². The molecule has 0 atom stereocenters. The van der Waals surface area contributed by atoms with Crippen LogP contribution in [0.25, 0.3) is 0 Å². The number of aromatic nitrogens is 1. The molecule has 2 aromatic rings. The number of rotatable bonds is 4. The smallest absolute Gasteiger partial charge is 0.262 e. The Kier molecular flexibility index (Phi) is 4.19. The second kappa shape index (κ2) is 5.85. The minimum absolute atomic E-state index is 0.0998. The Labute approximate surface area is 118 Å². The topological polar surface area (TPSA) is 64.4 Å². The van der Waals surface area contributed by atoms with Crippen molar-refractivity contribution in [3.8, 4) is 5.88 Å². The molecule has 0 fully saturated rings. The van der Waals surface area contributed by atoms with Gasteiger partial charge in [0, 0.05) is 15.3 Å². The summed E-state index contributed by atoms with van der Waals surface area (Å²) in [6, 6.07) is 9.14. The second-order valence-electron chi connectivity index (χ2n) is 3.62. The van der Waals surface area contributed by atoms with Crippen LogP contribution in [0.3, 0.4) is 0 Å². The van der Waals surface area contributed by atoms with Crippen LogP contribution in [-0.4, -0.2) is 17.7 Å². The zero-order chi connectivity index (χ0) is 13.0. The van der Waals surface area contributed by atoms with Gasteiger partial charge in [-0.2, -0.15) is 0 Å². The number of carbonyl (C=O) groups is 1. The summed E-state index contributed by atoms with van der Waals surface area (Å²) in [6.45, 7) is 1.66. The quantitative estimate of drug-likeness (QED) is 0.854. The van der Waals surface area contributed by atoms with E-state index >= 15 is 0 Å². The van der Waals surface area contributed by atoms with Crippen LogP contribution in [0.4, 0.5) is 5.69 Å². The Balaban J connectivity index is 1.85. The fourth-order valence-electron chi connectivity index (χ4n) is 1.31. The van der Waals surface area contributed by atoms with Gasteiger partial charge in [0.25, 0.3) is 11.8 Å². The fraction of sp³-hybridized carbons (Fsp3) is 0.167. The molecule has 1 heterocycles. The zero-order valence-electron chi connectivity index (χ0n) is 9.64. The Bertz CT molecular complexity index is 554. The van der Waals surface area contributed by atoms with E-state index in [9.17, 15) is 4.79 Å². The van der Waals surface area contributed by atoms with Crippen molar-refractivity contribution in [1.29, 1.82) is 0 Å². The van der Waals surface area contributed by atoms with Crippen molar-refractivity contribution < 1.29 is 14.1 Å². The number of hydrogen-bond donors (Lipinski definition) is 1. The molecule has 1 aromatic heterocycles. The van der Waals surface area contributed by atoms with Crippen LogP contribution >= 0.6 is 22.6 Å². The molecule has 0 aliphatic rings. The summed E-state index contributed by atoms with van der Waals surface area (Å²) in [6.07, 6.45) is 0. The number of benzene rings is 1. The Morgan fingerprint density at radius 2 is 2.33 bits per heavy atom. The first-order valence-corrected chi connectivity index (χ1v) is 6.33. The van der Waals surface area contributed by atoms with Gasteiger partial charge in [-0.1, -0.05) is 6.07 Å². The molecule has 1 amide bonds. The molecule has 0 saturated carbocycles. The molecule has 94 valence electrons. The van der Waals surface area contributed by atoms with Gasteiger partial charge in [-0.05, 0) is 52.9 Å². The minimum Gasteiger partial charge on any atom is -0.465 e. The third kappa shape index (κ3) is 3.73. The number of carbonyl (C=O) groups excluding carboxylic acids is 1. The average molecular weight is 358 g/mol. The summed E-state index contributed by atoms with van der Waals surface area (Å²) in [5, 5.41) is 6.36. The molecule has 0 radical (unpaired) electrons. The molecule has 6 heteroatoms. The number of anilines is 1. The van der Waals surface area contributed by atoms with Crippen molar-refractivity contribution in [2.75, 3.05) is 11.9 Å². The van der Waals surface area contributed by atoms with Crippen LogP contribution < -0.4 is 10.1 Å². The first-order valence-electron chi connectivity index (χ1n) is 5.25. The normalized spacial score (nSPS) is 10.1. The van der Waals surface area contributed by atoms with E-state index in [1.165, 1.54) is 0 Å². The number of ether oxygens (including phenoxy) is 1. The average Bonchev–Trinajstić information content (AvgIpc) is 2.73. The van der Waals surface area contributed by atoms with E-state index in [1.54, 1.807) is 13.0 Å². The number of aryl methyl sites for hydroxylation is 1. The minimum atomic E-state index is -0.238. The molecule has 0 spiro atoms. The standard InChI is InChI=1S/C12H11IN2O3/c1-8-5-12(15-18-8)17-7-11(16)14-10-4-2-3-9(13)6-10/h2-6H,7H2,1H3,(H,14,16). The second-order valence-corrected chi connectivity index (χ2v) is 4.87. The lowest BCUT2D eigenvalue weighted by atomic mass is 10.3. The van der Waals surface area contributed by atoms with Crippen LogP contribution in [0, 0.1) is 10.5 Å². The first-order chi connectivity index (χ1) is 8.63. The number of nitrogens with zero attached hydrogens (tertiary/aromatic N) is 1. The highest BCUT2D eigenvalue weighted by Gasteiger charge is 2.06. The van der Waals surface area contributed by atoms with Gasteiger partial charge in [0.05, 0.1) is 0 Å². The van der Waals surface area contributed by atoms with Gasteiger partial charge >= 0.3 is 0 Å². The number of amides is 1. The van der Waals surface area contributed by atoms with E-state index in [4.69, 9.17) is 9.26 Å². The van der Waals surface area contributed by atoms with Gasteiger partial charge < -0.3 is 14.6 Å². The van der Waals surface area contributed by atoms with Crippen molar-refractivity contribution in [1.82, 2.24) is 5.16 Å². The van der Waals surface area contributed by atoms with E-state index in [0.717, 1.165) is 9.26 Å². The number of halogens is 1.